The predicted molar refractivity (Wildman–Crippen MR) is 53.3 cm³/mol. The van der Waals surface area contributed by atoms with E-state index in [2.05, 4.69) is 11.6 Å². The zero-order valence-electron chi connectivity index (χ0n) is 7.27. The second-order valence-electron chi connectivity index (χ2n) is 3.16. The van der Waals surface area contributed by atoms with Crippen LogP contribution in [0.25, 0.3) is 0 Å². The van der Waals surface area contributed by atoms with Gasteiger partial charge in [0.1, 0.15) is 5.60 Å². The number of aliphatic imine (C=N–C) groups is 1. The SMILES string of the molecule is C=CC1(O)CC=Nc2ccccc21. The summed E-state index contributed by atoms with van der Waals surface area (Å²) in [5, 5.41) is 10.1. The van der Waals surface area contributed by atoms with E-state index in [-0.39, 0.29) is 0 Å². The molecule has 1 atom stereocenters. The molecule has 1 aliphatic rings. The fourth-order valence-corrected chi connectivity index (χ4v) is 1.54. The standard InChI is InChI=1S/C11H11NO/c1-2-11(13)7-8-12-10-6-4-3-5-9(10)11/h2-6,8,13H,1,7H2. The Morgan fingerprint density at radius 3 is 3.00 bits per heavy atom. The highest BCUT2D eigenvalue weighted by Gasteiger charge is 2.29. The number of hydrogen-bond acceptors (Lipinski definition) is 2. The average molecular weight is 173 g/mol. The average Bonchev–Trinajstić information content (AvgIpc) is 2.19. The number of hydrogen-bond donors (Lipinski definition) is 1. The van der Waals surface area contributed by atoms with Crippen LogP contribution in [0.1, 0.15) is 12.0 Å². The molecule has 1 unspecified atom stereocenters. The molecule has 66 valence electrons. The van der Waals surface area contributed by atoms with Crippen LogP contribution in [-0.2, 0) is 5.60 Å². The first-order valence-corrected chi connectivity index (χ1v) is 4.24. The lowest BCUT2D eigenvalue weighted by Gasteiger charge is -2.27. The van der Waals surface area contributed by atoms with Crippen molar-refractivity contribution in [3.8, 4) is 0 Å². The molecule has 0 fully saturated rings. The summed E-state index contributed by atoms with van der Waals surface area (Å²) >= 11 is 0. The maximum atomic E-state index is 10.1. The van der Waals surface area contributed by atoms with Gasteiger partial charge >= 0.3 is 0 Å². The molecular formula is C11H11NO. The minimum atomic E-state index is -0.932. The van der Waals surface area contributed by atoms with Gasteiger partial charge in [0.15, 0.2) is 0 Å². The quantitative estimate of drug-likeness (QED) is 0.648. The molecule has 0 saturated heterocycles. The largest absolute Gasteiger partial charge is 0.381 e. The topological polar surface area (TPSA) is 32.6 Å². The fourth-order valence-electron chi connectivity index (χ4n) is 1.54. The van der Waals surface area contributed by atoms with Gasteiger partial charge in [0.05, 0.1) is 5.69 Å². The van der Waals surface area contributed by atoms with E-state index in [9.17, 15) is 5.11 Å². The second kappa shape index (κ2) is 2.82. The summed E-state index contributed by atoms with van der Waals surface area (Å²) in [6.45, 7) is 3.64. The summed E-state index contributed by atoms with van der Waals surface area (Å²) in [4.78, 5) is 4.20. The van der Waals surface area contributed by atoms with E-state index in [1.807, 2.05) is 24.3 Å². The predicted octanol–water partition coefficient (Wildman–Crippen LogP) is 2.17. The third-order valence-corrected chi connectivity index (χ3v) is 2.34. The van der Waals surface area contributed by atoms with Crippen molar-refractivity contribution in [2.75, 3.05) is 0 Å². The van der Waals surface area contributed by atoms with Crippen LogP contribution in [0.2, 0.25) is 0 Å². The molecule has 1 aromatic carbocycles. The van der Waals surface area contributed by atoms with Crippen LogP contribution in [0.4, 0.5) is 5.69 Å². The highest BCUT2D eigenvalue weighted by atomic mass is 16.3. The molecule has 0 aromatic heterocycles. The van der Waals surface area contributed by atoms with Crippen molar-refractivity contribution in [3.05, 3.63) is 42.5 Å². The number of nitrogens with zero attached hydrogens (tertiary/aromatic N) is 1. The number of para-hydroxylation sites is 1. The molecule has 0 radical (unpaired) electrons. The molecule has 1 aliphatic heterocycles. The van der Waals surface area contributed by atoms with Crippen LogP contribution < -0.4 is 0 Å². The van der Waals surface area contributed by atoms with Gasteiger partial charge in [0.25, 0.3) is 0 Å². The van der Waals surface area contributed by atoms with Crippen molar-refractivity contribution in [1.82, 2.24) is 0 Å². The number of rotatable bonds is 1. The maximum Gasteiger partial charge on any atom is 0.114 e. The molecule has 2 nitrogen and oxygen atoms in total. The monoisotopic (exact) mass is 173 g/mol. The molecule has 2 rings (SSSR count). The van der Waals surface area contributed by atoms with Crippen molar-refractivity contribution in [2.45, 2.75) is 12.0 Å². The van der Waals surface area contributed by atoms with Gasteiger partial charge < -0.3 is 5.11 Å². The van der Waals surface area contributed by atoms with Crippen LogP contribution >= 0.6 is 0 Å². The Morgan fingerprint density at radius 2 is 2.23 bits per heavy atom. The Bertz CT molecular complexity index is 370. The van der Waals surface area contributed by atoms with Gasteiger partial charge in [-0.2, -0.15) is 0 Å². The second-order valence-corrected chi connectivity index (χ2v) is 3.16. The van der Waals surface area contributed by atoms with E-state index >= 15 is 0 Å². The zero-order chi connectivity index (χ0) is 9.31. The third kappa shape index (κ3) is 1.19. The van der Waals surface area contributed by atoms with Crippen molar-refractivity contribution in [1.29, 1.82) is 0 Å². The van der Waals surface area contributed by atoms with Crippen LogP contribution in [0.5, 0.6) is 0 Å². The van der Waals surface area contributed by atoms with Crippen LogP contribution in [0.3, 0.4) is 0 Å². The van der Waals surface area contributed by atoms with E-state index in [0.29, 0.717) is 6.42 Å². The maximum absolute atomic E-state index is 10.1. The van der Waals surface area contributed by atoms with Crippen molar-refractivity contribution < 1.29 is 5.11 Å². The molecule has 0 aliphatic carbocycles. The Balaban J connectivity index is 2.61. The summed E-state index contributed by atoms with van der Waals surface area (Å²) < 4.78 is 0. The first-order valence-electron chi connectivity index (χ1n) is 4.24. The fraction of sp³-hybridized carbons (Fsp3) is 0.182. The lowest BCUT2D eigenvalue weighted by atomic mass is 9.88. The summed E-state index contributed by atoms with van der Waals surface area (Å²) in [5.74, 6) is 0. The summed E-state index contributed by atoms with van der Waals surface area (Å²) in [6.07, 6.45) is 3.80. The number of fused-ring (bicyclic) bond motifs is 1. The van der Waals surface area contributed by atoms with Gasteiger partial charge in [0, 0.05) is 18.2 Å². The first kappa shape index (κ1) is 8.20. The molecule has 2 heteroatoms. The highest BCUT2D eigenvalue weighted by molar-refractivity contribution is 5.72. The molecule has 13 heavy (non-hydrogen) atoms. The number of benzene rings is 1. The Morgan fingerprint density at radius 1 is 1.46 bits per heavy atom. The minimum Gasteiger partial charge on any atom is -0.381 e. The van der Waals surface area contributed by atoms with E-state index in [1.54, 1.807) is 12.3 Å². The van der Waals surface area contributed by atoms with Gasteiger partial charge in [-0.05, 0) is 6.07 Å². The van der Waals surface area contributed by atoms with E-state index in [4.69, 9.17) is 0 Å². The summed E-state index contributed by atoms with van der Waals surface area (Å²) in [7, 11) is 0. The van der Waals surface area contributed by atoms with Crippen molar-refractivity contribution >= 4 is 11.9 Å². The van der Waals surface area contributed by atoms with E-state index in [1.165, 1.54) is 0 Å². The van der Waals surface area contributed by atoms with Gasteiger partial charge in [-0.3, -0.25) is 4.99 Å². The third-order valence-electron chi connectivity index (χ3n) is 2.34. The summed E-state index contributed by atoms with van der Waals surface area (Å²) in [6, 6.07) is 7.58. The normalized spacial score (nSPS) is 25.3. The Labute approximate surface area is 77.3 Å². The molecule has 0 saturated carbocycles. The van der Waals surface area contributed by atoms with Crippen LogP contribution in [0, 0.1) is 0 Å². The molecule has 0 bridgehead atoms. The van der Waals surface area contributed by atoms with E-state index in [0.717, 1.165) is 11.3 Å². The number of aliphatic hydroxyl groups is 1. The van der Waals surface area contributed by atoms with Gasteiger partial charge in [0.2, 0.25) is 0 Å². The summed E-state index contributed by atoms with van der Waals surface area (Å²) in [5.41, 5.74) is 0.738. The van der Waals surface area contributed by atoms with Crippen molar-refractivity contribution in [3.63, 3.8) is 0 Å². The lowest BCUT2D eigenvalue weighted by molar-refractivity contribution is 0.0985. The van der Waals surface area contributed by atoms with Crippen LogP contribution in [0.15, 0.2) is 41.9 Å². The minimum absolute atomic E-state index is 0.507. The van der Waals surface area contributed by atoms with E-state index < -0.39 is 5.60 Å². The van der Waals surface area contributed by atoms with Gasteiger partial charge in [-0.25, -0.2) is 0 Å². The molecule has 1 N–H and O–H groups in total. The zero-order valence-corrected chi connectivity index (χ0v) is 7.27. The van der Waals surface area contributed by atoms with Gasteiger partial charge in [-0.15, -0.1) is 0 Å². The molecule has 0 spiro atoms. The van der Waals surface area contributed by atoms with Gasteiger partial charge in [-0.1, -0.05) is 30.9 Å². The molecular weight excluding hydrogens is 162 g/mol. The molecule has 1 aromatic rings. The Kier molecular flexibility index (Phi) is 1.78. The highest BCUT2D eigenvalue weighted by Crippen LogP contribution is 2.36. The smallest absolute Gasteiger partial charge is 0.114 e. The van der Waals surface area contributed by atoms with Crippen molar-refractivity contribution in [2.24, 2.45) is 4.99 Å². The van der Waals surface area contributed by atoms with Crippen LogP contribution in [-0.4, -0.2) is 11.3 Å². The lowest BCUT2D eigenvalue weighted by Crippen LogP contribution is -2.25. The Hall–Kier alpha value is -1.41. The molecule has 0 amide bonds. The molecule has 1 heterocycles. The first-order chi connectivity index (χ1) is 6.26.